The number of hydrogen-bond acceptors (Lipinski definition) is 6. The van der Waals surface area contributed by atoms with Gasteiger partial charge in [-0.2, -0.15) is 9.38 Å². The van der Waals surface area contributed by atoms with Crippen LogP contribution in [0.25, 0.3) is 4.96 Å². The highest BCUT2D eigenvalue weighted by Gasteiger charge is 2.33. The minimum Gasteiger partial charge on any atom is -0.358 e. The van der Waals surface area contributed by atoms with Gasteiger partial charge in [-0.25, -0.2) is 0 Å². The first-order valence-corrected chi connectivity index (χ1v) is 6.96. The predicted molar refractivity (Wildman–Crippen MR) is 74.0 cm³/mol. The van der Waals surface area contributed by atoms with Gasteiger partial charge in [0.25, 0.3) is 4.96 Å². The summed E-state index contributed by atoms with van der Waals surface area (Å²) in [6.45, 7) is 6.41. The molecule has 0 atom stereocenters. The maximum absolute atomic E-state index is 11.3. The van der Waals surface area contributed by atoms with E-state index in [0.29, 0.717) is 17.3 Å². The Kier molecular flexibility index (Phi) is 2.72. The predicted octanol–water partition coefficient (Wildman–Crippen LogP) is 1.49. The van der Waals surface area contributed by atoms with Crippen molar-refractivity contribution in [2.75, 3.05) is 24.5 Å². The Hall–Kier alpha value is -1.67. The van der Waals surface area contributed by atoms with Crippen molar-refractivity contribution in [3.05, 3.63) is 21.7 Å². The number of piperazine rings is 1. The molecule has 1 fully saturated rings. The number of anilines is 1. The van der Waals surface area contributed by atoms with Gasteiger partial charge in [-0.3, -0.25) is 0 Å². The maximum Gasteiger partial charge on any atom is 0.373 e. The largest absolute Gasteiger partial charge is 0.373 e. The summed E-state index contributed by atoms with van der Waals surface area (Å²) in [5, 5.41) is 16.5. The van der Waals surface area contributed by atoms with E-state index in [1.54, 1.807) is 16.0 Å². The third-order valence-corrected chi connectivity index (χ3v) is 4.02. The molecule has 0 aliphatic carbocycles. The van der Waals surface area contributed by atoms with Crippen molar-refractivity contribution in [3.63, 3.8) is 0 Å². The van der Waals surface area contributed by atoms with E-state index < -0.39 is 0 Å². The second kappa shape index (κ2) is 4.17. The molecule has 1 aliphatic rings. The Morgan fingerprint density at radius 1 is 1.58 bits per heavy atom. The van der Waals surface area contributed by atoms with Gasteiger partial charge in [0.2, 0.25) is 5.82 Å². The van der Waals surface area contributed by atoms with Gasteiger partial charge in [0, 0.05) is 30.6 Å². The Labute approximate surface area is 114 Å². The van der Waals surface area contributed by atoms with Crippen LogP contribution < -0.4 is 10.2 Å². The lowest BCUT2D eigenvalue weighted by Crippen LogP contribution is -2.57. The third kappa shape index (κ3) is 2.06. The average Bonchev–Trinajstić information content (AvgIpc) is 2.85. The lowest BCUT2D eigenvalue weighted by Gasteiger charge is -2.38. The molecule has 19 heavy (non-hydrogen) atoms. The summed E-state index contributed by atoms with van der Waals surface area (Å²) >= 11 is 1.41. The van der Waals surface area contributed by atoms with E-state index in [-0.39, 0.29) is 16.3 Å². The quantitative estimate of drug-likeness (QED) is 0.666. The van der Waals surface area contributed by atoms with Crippen LogP contribution in [0.5, 0.6) is 0 Å². The number of imidazole rings is 1. The fraction of sp³-hybridized carbons (Fsp3) is 0.545. The zero-order valence-electron chi connectivity index (χ0n) is 10.8. The molecule has 0 spiro atoms. The van der Waals surface area contributed by atoms with Crippen LogP contribution in [0.15, 0.2) is 11.6 Å². The summed E-state index contributed by atoms with van der Waals surface area (Å²) in [6, 6.07) is 0. The van der Waals surface area contributed by atoms with E-state index in [1.807, 2.05) is 4.90 Å². The molecule has 0 amide bonds. The number of hydrogen-bond donors (Lipinski definition) is 1. The molecule has 1 N–H and O–H groups in total. The summed E-state index contributed by atoms with van der Waals surface area (Å²) in [4.78, 5) is 18.0. The van der Waals surface area contributed by atoms with Gasteiger partial charge in [0.05, 0.1) is 0 Å². The van der Waals surface area contributed by atoms with E-state index in [9.17, 15) is 10.1 Å². The number of nitro groups is 1. The third-order valence-electron chi connectivity index (χ3n) is 3.26. The molecule has 0 radical (unpaired) electrons. The monoisotopic (exact) mass is 281 g/mol. The van der Waals surface area contributed by atoms with Gasteiger partial charge >= 0.3 is 5.82 Å². The lowest BCUT2D eigenvalue weighted by molar-refractivity contribution is -0.389. The smallest absolute Gasteiger partial charge is 0.358 e. The molecule has 102 valence electrons. The highest BCUT2D eigenvalue weighted by molar-refractivity contribution is 7.15. The second-order valence-electron chi connectivity index (χ2n) is 5.30. The van der Waals surface area contributed by atoms with Gasteiger partial charge < -0.3 is 20.3 Å². The van der Waals surface area contributed by atoms with Crippen LogP contribution in [0.1, 0.15) is 13.8 Å². The van der Waals surface area contributed by atoms with Crippen LogP contribution in [0.4, 0.5) is 11.6 Å². The van der Waals surface area contributed by atoms with Crippen molar-refractivity contribution in [3.8, 4) is 0 Å². The Morgan fingerprint density at radius 2 is 2.37 bits per heavy atom. The fourth-order valence-corrected chi connectivity index (χ4v) is 3.17. The van der Waals surface area contributed by atoms with Crippen LogP contribution >= 0.6 is 11.3 Å². The normalized spacial score (nSPS) is 18.9. The topological polar surface area (TPSA) is 75.7 Å². The summed E-state index contributed by atoms with van der Waals surface area (Å²) in [5.41, 5.74) is -0.0663. The highest BCUT2D eigenvalue weighted by Crippen LogP contribution is 2.32. The zero-order chi connectivity index (χ0) is 13.6. The van der Waals surface area contributed by atoms with Crippen molar-refractivity contribution in [2.45, 2.75) is 19.4 Å². The van der Waals surface area contributed by atoms with E-state index in [4.69, 9.17) is 0 Å². The van der Waals surface area contributed by atoms with Gasteiger partial charge in [-0.05, 0) is 18.8 Å². The number of rotatable bonds is 2. The Balaban J connectivity index is 2.06. The fourth-order valence-electron chi connectivity index (χ4n) is 2.47. The van der Waals surface area contributed by atoms with Crippen molar-refractivity contribution in [1.82, 2.24) is 14.7 Å². The van der Waals surface area contributed by atoms with Crippen molar-refractivity contribution in [2.24, 2.45) is 0 Å². The maximum atomic E-state index is 11.3. The minimum absolute atomic E-state index is 0.0638. The molecule has 0 saturated carbocycles. The second-order valence-corrected chi connectivity index (χ2v) is 6.18. The van der Waals surface area contributed by atoms with Crippen LogP contribution in [0, 0.1) is 10.1 Å². The molecule has 3 rings (SSSR count). The van der Waals surface area contributed by atoms with Gasteiger partial charge in [-0.1, -0.05) is 11.3 Å². The first kappa shape index (κ1) is 12.4. The summed E-state index contributed by atoms with van der Waals surface area (Å²) in [7, 11) is 0. The molecule has 8 heteroatoms. The summed E-state index contributed by atoms with van der Waals surface area (Å²) in [6.07, 6.45) is 1.70. The molecule has 3 heterocycles. The first-order chi connectivity index (χ1) is 8.98. The Bertz CT molecular complexity index is 632. The number of fused-ring (bicyclic) bond motifs is 1. The van der Waals surface area contributed by atoms with Gasteiger partial charge in [0.15, 0.2) is 0 Å². The number of thiazole rings is 1. The number of aromatic nitrogens is 2. The molecule has 1 saturated heterocycles. The zero-order valence-corrected chi connectivity index (χ0v) is 11.6. The average molecular weight is 281 g/mol. The molecule has 7 nitrogen and oxygen atoms in total. The molecule has 0 unspecified atom stereocenters. The SMILES string of the molecule is CC1(C)CN(c2nc3sccn3c2[N+](=O)[O-])CCN1. The van der Waals surface area contributed by atoms with Crippen LogP contribution in [-0.2, 0) is 0 Å². The molecule has 0 aromatic carbocycles. The van der Waals surface area contributed by atoms with Crippen LogP contribution in [0.2, 0.25) is 0 Å². The summed E-state index contributed by atoms with van der Waals surface area (Å²) < 4.78 is 1.55. The molecule has 2 aromatic heterocycles. The standard InChI is InChI=1S/C11H15N5O2S/c1-11(2)7-14(4-3-12-11)8-9(16(17)18)15-5-6-19-10(15)13-8/h5-6,12H,3-4,7H2,1-2H3. The number of nitrogens with one attached hydrogen (secondary N) is 1. The lowest BCUT2D eigenvalue weighted by atomic mass is 10.0. The highest BCUT2D eigenvalue weighted by atomic mass is 32.1. The van der Waals surface area contributed by atoms with E-state index >= 15 is 0 Å². The molecule has 0 bridgehead atoms. The van der Waals surface area contributed by atoms with Crippen molar-refractivity contribution >= 4 is 27.9 Å². The number of nitrogens with zero attached hydrogens (tertiary/aromatic N) is 4. The molecular weight excluding hydrogens is 266 g/mol. The minimum atomic E-state index is -0.350. The van der Waals surface area contributed by atoms with E-state index in [2.05, 4.69) is 24.1 Å². The molecule has 1 aliphatic heterocycles. The van der Waals surface area contributed by atoms with Crippen LogP contribution in [0.3, 0.4) is 0 Å². The van der Waals surface area contributed by atoms with Crippen LogP contribution in [-0.4, -0.2) is 39.5 Å². The first-order valence-electron chi connectivity index (χ1n) is 6.08. The summed E-state index contributed by atoms with van der Waals surface area (Å²) in [5.74, 6) is 0.542. The van der Waals surface area contributed by atoms with Crippen molar-refractivity contribution < 1.29 is 4.92 Å². The van der Waals surface area contributed by atoms with Gasteiger partial charge in [0.1, 0.15) is 6.20 Å². The molecule has 2 aromatic rings. The Morgan fingerprint density at radius 3 is 3.05 bits per heavy atom. The molecular formula is C11H15N5O2S. The van der Waals surface area contributed by atoms with Gasteiger partial charge in [-0.15, -0.1) is 0 Å². The van der Waals surface area contributed by atoms with E-state index in [1.165, 1.54) is 11.3 Å². The van der Waals surface area contributed by atoms with Crippen molar-refractivity contribution in [1.29, 1.82) is 0 Å². The van der Waals surface area contributed by atoms with E-state index in [0.717, 1.165) is 13.1 Å².